The fourth-order valence-electron chi connectivity index (χ4n) is 2.80. The van der Waals surface area contributed by atoms with E-state index >= 15 is 0 Å². The van der Waals surface area contributed by atoms with Crippen molar-refractivity contribution in [2.45, 2.75) is 13.8 Å². The highest BCUT2D eigenvalue weighted by molar-refractivity contribution is 6.09. The van der Waals surface area contributed by atoms with Crippen LogP contribution in [0, 0.1) is 0 Å². The maximum absolute atomic E-state index is 12.1. The molecule has 0 atom stereocenters. The van der Waals surface area contributed by atoms with Crippen molar-refractivity contribution in [3.8, 4) is 22.6 Å². The summed E-state index contributed by atoms with van der Waals surface area (Å²) in [6.45, 7) is 2.89. The van der Waals surface area contributed by atoms with Crippen LogP contribution in [0.3, 0.4) is 0 Å². The Morgan fingerprint density at radius 3 is 2.00 bits per heavy atom. The molecule has 0 aliphatic heterocycles. The molecule has 3 aromatic carbocycles. The average Bonchev–Trinajstić information content (AvgIpc) is 2.62. The first kappa shape index (κ1) is 16.7. The molecule has 124 valence electrons. The van der Waals surface area contributed by atoms with E-state index in [1.807, 2.05) is 54.6 Å². The number of hydrogen-bond donors (Lipinski definition) is 0. The van der Waals surface area contributed by atoms with Crippen LogP contribution in [0.25, 0.3) is 11.1 Å². The third-order valence-corrected chi connectivity index (χ3v) is 3.95. The number of benzene rings is 3. The van der Waals surface area contributed by atoms with Crippen LogP contribution in [-0.4, -0.2) is 11.6 Å². The molecule has 0 saturated carbocycles. The van der Waals surface area contributed by atoms with Crippen LogP contribution in [0.5, 0.6) is 11.5 Å². The maximum atomic E-state index is 12.1. The van der Waals surface area contributed by atoms with Gasteiger partial charge in [0.2, 0.25) is 0 Å². The average molecular weight is 330 g/mol. The summed E-state index contributed by atoms with van der Waals surface area (Å²) in [6.07, 6.45) is 0. The molecule has 0 N–H and O–H groups in total. The zero-order chi connectivity index (χ0) is 17.8. The van der Waals surface area contributed by atoms with Crippen molar-refractivity contribution in [2.75, 3.05) is 0 Å². The van der Waals surface area contributed by atoms with Gasteiger partial charge in [0.15, 0.2) is 11.6 Å². The fraction of sp³-hybridized carbons (Fsp3) is 0.0909. The lowest BCUT2D eigenvalue weighted by Crippen LogP contribution is -2.06. The Hall–Kier alpha value is -3.20. The summed E-state index contributed by atoms with van der Waals surface area (Å²) in [4.78, 5) is 24.0. The van der Waals surface area contributed by atoms with Gasteiger partial charge in [-0.1, -0.05) is 60.7 Å². The van der Waals surface area contributed by atoms with E-state index in [0.717, 1.165) is 11.1 Å². The Bertz CT molecular complexity index is 927. The first-order valence-corrected chi connectivity index (χ1v) is 8.05. The quantitative estimate of drug-likeness (QED) is 0.576. The SMILES string of the molecule is CC(=O)c1cccc(Oc2ccccc2-c2ccccc2)c1C(C)=O. The van der Waals surface area contributed by atoms with Crippen LogP contribution in [0.1, 0.15) is 34.6 Å². The van der Waals surface area contributed by atoms with Crippen LogP contribution < -0.4 is 4.74 Å². The van der Waals surface area contributed by atoms with Gasteiger partial charge in [-0.15, -0.1) is 0 Å². The Morgan fingerprint density at radius 1 is 0.680 bits per heavy atom. The lowest BCUT2D eigenvalue weighted by Gasteiger charge is -2.15. The standard InChI is InChI=1S/C22H18O3/c1-15(23)18-12-8-14-21(22(18)16(2)24)25-20-13-7-6-11-19(20)17-9-4-3-5-10-17/h3-14H,1-2H3. The molecule has 0 radical (unpaired) electrons. The summed E-state index contributed by atoms with van der Waals surface area (Å²) in [5.74, 6) is 0.672. The van der Waals surface area contributed by atoms with Gasteiger partial charge in [-0.05, 0) is 31.5 Å². The molecule has 0 bridgehead atoms. The lowest BCUT2D eigenvalue weighted by atomic mass is 10.00. The van der Waals surface area contributed by atoms with E-state index in [-0.39, 0.29) is 11.6 Å². The van der Waals surface area contributed by atoms with Crippen LogP contribution >= 0.6 is 0 Å². The topological polar surface area (TPSA) is 43.4 Å². The molecular formula is C22H18O3. The normalized spacial score (nSPS) is 10.3. The molecule has 3 heteroatoms. The minimum atomic E-state index is -0.196. The molecule has 0 amide bonds. The number of carbonyl (C=O) groups is 2. The van der Waals surface area contributed by atoms with E-state index in [2.05, 4.69) is 0 Å². The Labute approximate surface area is 146 Å². The molecular weight excluding hydrogens is 312 g/mol. The molecule has 3 rings (SSSR count). The predicted octanol–water partition coefficient (Wildman–Crippen LogP) is 5.55. The number of carbonyl (C=O) groups excluding carboxylic acids is 2. The number of rotatable bonds is 5. The van der Waals surface area contributed by atoms with E-state index in [4.69, 9.17) is 4.74 Å². The molecule has 0 fully saturated rings. The minimum absolute atomic E-state index is 0.160. The van der Waals surface area contributed by atoms with Crippen LogP contribution in [0.15, 0.2) is 72.8 Å². The van der Waals surface area contributed by atoms with Crippen LogP contribution in [-0.2, 0) is 0 Å². The Morgan fingerprint density at radius 2 is 1.32 bits per heavy atom. The van der Waals surface area contributed by atoms with Crippen molar-refractivity contribution in [3.63, 3.8) is 0 Å². The summed E-state index contributed by atoms with van der Waals surface area (Å²) in [6, 6.07) is 22.6. The highest BCUT2D eigenvalue weighted by atomic mass is 16.5. The van der Waals surface area contributed by atoms with Crippen LogP contribution in [0.2, 0.25) is 0 Å². The van der Waals surface area contributed by atoms with Gasteiger partial charge in [0, 0.05) is 11.1 Å². The van der Waals surface area contributed by atoms with Gasteiger partial charge < -0.3 is 4.74 Å². The van der Waals surface area contributed by atoms with E-state index in [0.29, 0.717) is 22.6 Å². The van der Waals surface area contributed by atoms with Gasteiger partial charge in [0.05, 0.1) is 5.56 Å². The smallest absolute Gasteiger partial charge is 0.164 e. The molecule has 0 heterocycles. The van der Waals surface area contributed by atoms with Gasteiger partial charge in [0.25, 0.3) is 0 Å². The van der Waals surface area contributed by atoms with Crippen molar-refractivity contribution in [3.05, 3.63) is 83.9 Å². The predicted molar refractivity (Wildman–Crippen MR) is 98.4 cm³/mol. The summed E-state index contributed by atoms with van der Waals surface area (Å²) in [5.41, 5.74) is 2.64. The van der Waals surface area contributed by atoms with E-state index < -0.39 is 0 Å². The van der Waals surface area contributed by atoms with Crippen molar-refractivity contribution >= 4 is 11.6 Å². The third-order valence-electron chi connectivity index (χ3n) is 3.95. The third kappa shape index (κ3) is 3.50. The zero-order valence-corrected chi connectivity index (χ0v) is 14.2. The second-order valence-corrected chi connectivity index (χ2v) is 5.76. The van der Waals surface area contributed by atoms with Crippen molar-refractivity contribution in [1.29, 1.82) is 0 Å². The second-order valence-electron chi connectivity index (χ2n) is 5.76. The first-order chi connectivity index (χ1) is 12.1. The van der Waals surface area contributed by atoms with Gasteiger partial charge >= 0.3 is 0 Å². The van der Waals surface area contributed by atoms with Crippen molar-refractivity contribution in [1.82, 2.24) is 0 Å². The highest BCUT2D eigenvalue weighted by Crippen LogP contribution is 2.35. The lowest BCUT2D eigenvalue weighted by molar-refractivity contribution is 0.0978. The number of para-hydroxylation sites is 1. The molecule has 0 unspecified atom stereocenters. The zero-order valence-electron chi connectivity index (χ0n) is 14.2. The molecule has 0 aromatic heterocycles. The first-order valence-electron chi connectivity index (χ1n) is 8.05. The van der Waals surface area contributed by atoms with Gasteiger partial charge in [-0.3, -0.25) is 9.59 Å². The number of hydrogen-bond acceptors (Lipinski definition) is 3. The van der Waals surface area contributed by atoms with Crippen LogP contribution in [0.4, 0.5) is 0 Å². The molecule has 0 saturated heterocycles. The Balaban J connectivity index is 2.09. The second kappa shape index (κ2) is 7.14. The maximum Gasteiger partial charge on any atom is 0.164 e. The molecule has 25 heavy (non-hydrogen) atoms. The van der Waals surface area contributed by atoms with E-state index in [1.165, 1.54) is 13.8 Å². The summed E-state index contributed by atoms with van der Waals surface area (Å²) in [5, 5.41) is 0. The van der Waals surface area contributed by atoms with Gasteiger partial charge in [0.1, 0.15) is 11.5 Å². The summed E-state index contributed by atoms with van der Waals surface area (Å²) in [7, 11) is 0. The number of Topliss-reactive ketones (excluding diaryl/α,β-unsaturated/α-hetero) is 2. The molecule has 3 nitrogen and oxygen atoms in total. The molecule has 0 spiro atoms. The van der Waals surface area contributed by atoms with Gasteiger partial charge in [-0.2, -0.15) is 0 Å². The fourth-order valence-corrected chi connectivity index (χ4v) is 2.80. The summed E-state index contributed by atoms with van der Waals surface area (Å²) < 4.78 is 6.07. The van der Waals surface area contributed by atoms with E-state index in [1.54, 1.807) is 18.2 Å². The minimum Gasteiger partial charge on any atom is -0.456 e. The number of ketones is 2. The molecule has 3 aromatic rings. The highest BCUT2D eigenvalue weighted by Gasteiger charge is 2.18. The monoisotopic (exact) mass is 330 g/mol. The Kier molecular flexibility index (Phi) is 4.75. The van der Waals surface area contributed by atoms with Crippen molar-refractivity contribution in [2.24, 2.45) is 0 Å². The molecule has 0 aliphatic rings. The summed E-state index contributed by atoms with van der Waals surface area (Å²) >= 11 is 0. The van der Waals surface area contributed by atoms with Crippen molar-refractivity contribution < 1.29 is 14.3 Å². The van der Waals surface area contributed by atoms with E-state index in [9.17, 15) is 9.59 Å². The number of ether oxygens (including phenoxy) is 1. The largest absolute Gasteiger partial charge is 0.456 e. The molecule has 0 aliphatic carbocycles. The van der Waals surface area contributed by atoms with Gasteiger partial charge in [-0.25, -0.2) is 0 Å².